The van der Waals surface area contributed by atoms with Crippen molar-refractivity contribution < 1.29 is 17.9 Å². The summed E-state index contributed by atoms with van der Waals surface area (Å²) in [5, 5.41) is 11.7. The molecule has 0 aliphatic carbocycles. The summed E-state index contributed by atoms with van der Waals surface area (Å²) in [6, 6.07) is 11.8. The normalized spacial score (nSPS) is 10.9. The Hall–Kier alpha value is -2.37. The lowest BCUT2D eigenvalue weighted by atomic mass is 10.1. The van der Waals surface area contributed by atoms with Crippen LogP contribution in [-0.4, -0.2) is 26.9 Å². The second-order valence-corrected chi connectivity index (χ2v) is 8.97. The fraction of sp³-hybridized carbons (Fsp3) is 0.263. The van der Waals surface area contributed by atoms with Gasteiger partial charge in [-0.15, -0.1) is 0 Å². The molecule has 0 radical (unpaired) electrons. The Kier molecular flexibility index (Phi) is 6.99. The summed E-state index contributed by atoms with van der Waals surface area (Å²) in [6.45, 7) is 3.68. The fourth-order valence-electron chi connectivity index (χ4n) is 2.47. The zero-order valence-electron chi connectivity index (χ0n) is 15.0. The van der Waals surface area contributed by atoms with E-state index < -0.39 is 15.9 Å². The van der Waals surface area contributed by atoms with E-state index in [0.29, 0.717) is 12.1 Å². The van der Waals surface area contributed by atoms with E-state index in [0.717, 1.165) is 15.6 Å². The highest BCUT2D eigenvalue weighted by atomic mass is 79.9. The van der Waals surface area contributed by atoms with Crippen LogP contribution < -0.4 is 5.32 Å². The molecule has 0 heterocycles. The van der Waals surface area contributed by atoms with Crippen LogP contribution in [0.3, 0.4) is 0 Å². The molecule has 0 aliphatic heterocycles. The predicted molar refractivity (Wildman–Crippen MR) is 106 cm³/mol. The minimum absolute atomic E-state index is 0.0138. The molecule has 0 bridgehead atoms. The third-order valence-electron chi connectivity index (χ3n) is 3.97. The number of benzene rings is 2. The van der Waals surface area contributed by atoms with Crippen molar-refractivity contribution in [3.8, 4) is 6.07 Å². The van der Waals surface area contributed by atoms with Crippen molar-refractivity contribution in [1.29, 1.82) is 5.26 Å². The van der Waals surface area contributed by atoms with Gasteiger partial charge in [0.1, 0.15) is 6.07 Å². The number of rotatable bonds is 6. The van der Waals surface area contributed by atoms with Gasteiger partial charge in [0.05, 0.1) is 22.8 Å². The number of nitriles is 1. The summed E-state index contributed by atoms with van der Waals surface area (Å²) in [4.78, 5) is 11.9. The number of nitrogens with one attached hydrogen (secondary N) is 1. The van der Waals surface area contributed by atoms with E-state index in [9.17, 15) is 18.5 Å². The number of hydrogen-bond acceptors (Lipinski definition) is 5. The highest BCUT2D eigenvalue weighted by molar-refractivity contribution is 9.10. The molecule has 6 nitrogen and oxygen atoms in total. The SMILES string of the molecule is CCS(=O)(=O)c1ccc(NC(=O)OCCc2ccc(Br)cc2C)cc1C#N. The van der Waals surface area contributed by atoms with Gasteiger partial charge in [0.2, 0.25) is 0 Å². The maximum atomic E-state index is 12.0. The number of hydrogen-bond donors (Lipinski definition) is 1. The van der Waals surface area contributed by atoms with Gasteiger partial charge in [-0.1, -0.05) is 28.9 Å². The lowest BCUT2D eigenvalue weighted by molar-refractivity contribution is 0.163. The third-order valence-corrected chi connectivity index (χ3v) is 6.25. The molecule has 0 saturated heterocycles. The van der Waals surface area contributed by atoms with Crippen LogP contribution in [0.4, 0.5) is 10.5 Å². The van der Waals surface area contributed by atoms with E-state index in [-0.39, 0.29) is 22.8 Å². The van der Waals surface area contributed by atoms with Gasteiger partial charge in [-0.3, -0.25) is 5.32 Å². The molecule has 27 heavy (non-hydrogen) atoms. The smallest absolute Gasteiger partial charge is 0.411 e. The van der Waals surface area contributed by atoms with Crippen molar-refractivity contribution in [2.45, 2.75) is 25.2 Å². The van der Waals surface area contributed by atoms with Gasteiger partial charge < -0.3 is 4.74 Å². The molecular weight excluding hydrogens is 432 g/mol. The van der Waals surface area contributed by atoms with Crippen LogP contribution in [0.5, 0.6) is 0 Å². The summed E-state index contributed by atoms with van der Waals surface area (Å²) >= 11 is 3.40. The first-order valence-corrected chi connectivity index (χ1v) is 10.7. The average Bonchev–Trinajstić information content (AvgIpc) is 2.63. The minimum atomic E-state index is -3.51. The highest BCUT2D eigenvalue weighted by Crippen LogP contribution is 2.21. The Morgan fingerprint density at radius 3 is 2.63 bits per heavy atom. The first-order chi connectivity index (χ1) is 12.8. The van der Waals surface area contributed by atoms with Crippen LogP contribution in [-0.2, 0) is 21.0 Å². The van der Waals surface area contributed by atoms with Gasteiger partial charge in [-0.25, -0.2) is 13.2 Å². The third kappa shape index (κ3) is 5.55. The summed E-state index contributed by atoms with van der Waals surface area (Å²) < 4.78 is 30.1. The number of carbonyl (C=O) groups excluding carboxylic acids is 1. The number of amides is 1. The monoisotopic (exact) mass is 450 g/mol. The lowest BCUT2D eigenvalue weighted by Gasteiger charge is -2.10. The molecule has 0 fully saturated rings. The highest BCUT2D eigenvalue weighted by Gasteiger charge is 2.17. The van der Waals surface area contributed by atoms with Crippen molar-refractivity contribution in [1.82, 2.24) is 0 Å². The molecule has 142 valence electrons. The Morgan fingerprint density at radius 2 is 2.00 bits per heavy atom. The van der Waals surface area contributed by atoms with Gasteiger partial charge in [0.15, 0.2) is 9.84 Å². The van der Waals surface area contributed by atoms with Crippen molar-refractivity contribution in [3.63, 3.8) is 0 Å². The summed E-state index contributed by atoms with van der Waals surface area (Å²) in [5.74, 6) is -0.105. The molecule has 2 aromatic rings. The van der Waals surface area contributed by atoms with Gasteiger partial charge in [-0.05, 0) is 48.4 Å². The van der Waals surface area contributed by atoms with Crippen molar-refractivity contribution in [2.75, 3.05) is 17.7 Å². The Morgan fingerprint density at radius 1 is 1.26 bits per heavy atom. The van der Waals surface area contributed by atoms with Crippen LogP contribution in [0.25, 0.3) is 0 Å². The molecular formula is C19H19BrN2O4S. The number of carbonyl (C=O) groups is 1. The van der Waals surface area contributed by atoms with Gasteiger partial charge in [0, 0.05) is 16.6 Å². The molecule has 2 rings (SSSR count). The number of anilines is 1. The van der Waals surface area contributed by atoms with Crippen molar-refractivity contribution in [2.24, 2.45) is 0 Å². The Bertz CT molecular complexity index is 997. The number of aryl methyl sites for hydroxylation is 1. The molecule has 0 aliphatic rings. The molecule has 8 heteroatoms. The first-order valence-electron chi connectivity index (χ1n) is 8.22. The number of ether oxygens (including phenoxy) is 1. The van der Waals surface area contributed by atoms with E-state index in [2.05, 4.69) is 21.2 Å². The summed E-state index contributed by atoms with van der Waals surface area (Å²) in [6.07, 6.45) is -0.0938. The maximum Gasteiger partial charge on any atom is 0.411 e. The van der Waals surface area contributed by atoms with Gasteiger partial charge in [0.25, 0.3) is 0 Å². The number of sulfone groups is 1. The molecule has 0 spiro atoms. The van der Waals surface area contributed by atoms with E-state index >= 15 is 0 Å². The molecule has 0 aromatic heterocycles. The predicted octanol–water partition coefficient (Wildman–Crippen LogP) is 4.21. The van der Waals surface area contributed by atoms with Crippen LogP contribution in [0, 0.1) is 18.3 Å². The van der Waals surface area contributed by atoms with Crippen LogP contribution in [0.2, 0.25) is 0 Å². The average molecular weight is 451 g/mol. The van der Waals surface area contributed by atoms with Crippen LogP contribution in [0.15, 0.2) is 45.8 Å². The largest absolute Gasteiger partial charge is 0.449 e. The van der Waals surface area contributed by atoms with Crippen molar-refractivity contribution in [3.05, 3.63) is 57.6 Å². The van der Waals surface area contributed by atoms with E-state index in [1.165, 1.54) is 25.1 Å². The minimum Gasteiger partial charge on any atom is -0.449 e. The number of nitrogens with zero attached hydrogens (tertiary/aromatic N) is 1. The molecule has 2 aromatic carbocycles. The lowest BCUT2D eigenvalue weighted by Crippen LogP contribution is -2.16. The van der Waals surface area contributed by atoms with Crippen LogP contribution >= 0.6 is 15.9 Å². The number of halogens is 1. The molecule has 0 saturated carbocycles. The topological polar surface area (TPSA) is 96.3 Å². The van der Waals surface area contributed by atoms with E-state index in [1.54, 1.807) is 0 Å². The van der Waals surface area contributed by atoms with E-state index in [4.69, 9.17) is 4.74 Å². The van der Waals surface area contributed by atoms with Gasteiger partial charge >= 0.3 is 6.09 Å². The maximum absolute atomic E-state index is 12.0. The Labute approximate surface area is 167 Å². The second-order valence-electron chi connectivity index (χ2n) is 5.81. The summed E-state index contributed by atoms with van der Waals surface area (Å²) in [7, 11) is -3.51. The van der Waals surface area contributed by atoms with Crippen LogP contribution in [0.1, 0.15) is 23.6 Å². The zero-order valence-corrected chi connectivity index (χ0v) is 17.4. The summed E-state index contributed by atoms with van der Waals surface area (Å²) in [5.41, 5.74) is 2.46. The van der Waals surface area contributed by atoms with E-state index in [1.807, 2.05) is 31.2 Å². The first kappa shape index (κ1) is 20.9. The van der Waals surface area contributed by atoms with Gasteiger partial charge in [-0.2, -0.15) is 5.26 Å². The quantitative estimate of drug-likeness (QED) is 0.710. The molecule has 1 N–H and O–H groups in total. The standard InChI is InChI=1S/C19H19BrN2O4S/c1-3-27(24,25)18-7-6-17(11-15(18)12-21)22-19(23)26-9-8-14-4-5-16(20)10-13(14)2/h4-7,10-11H,3,8-9H2,1-2H3,(H,22,23). The molecule has 1 amide bonds. The molecule has 0 unspecified atom stereocenters. The zero-order chi connectivity index (χ0) is 20.0. The fourth-order valence-corrected chi connectivity index (χ4v) is 3.97. The Balaban J connectivity index is 1.98. The van der Waals surface area contributed by atoms with Crippen molar-refractivity contribution >= 4 is 37.5 Å². The second kappa shape index (κ2) is 9.02. The molecule has 0 atom stereocenters.